The number of ether oxygens (including phenoxy) is 4. The van der Waals surface area contributed by atoms with E-state index < -0.39 is 0 Å². The number of hydrogen-bond donors (Lipinski definition) is 1. The van der Waals surface area contributed by atoms with E-state index in [1.165, 1.54) is 33.1 Å². The SMILES string of the molecule is COc1ccc(C(=O)CSc2cccc(NC(=O)c3c(OC)cccc3OC)c2)cc1OC. The Morgan fingerprint density at radius 1 is 0.758 bits per heavy atom. The zero-order valence-corrected chi connectivity index (χ0v) is 19.7. The second-order valence-electron chi connectivity index (χ2n) is 6.80. The maximum absolute atomic E-state index is 12.9. The monoisotopic (exact) mass is 467 g/mol. The highest BCUT2D eigenvalue weighted by atomic mass is 32.2. The molecule has 0 spiro atoms. The molecule has 0 bridgehead atoms. The Bertz CT molecular complexity index is 1130. The van der Waals surface area contributed by atoms with Gasteiger partial charge >= 0.3 is 0 Å². The number of hydrogen-bond acceptors (Lipinski definition) is 7. The molecule has 8 heteroatoms. The number of Topliss-reactive ketones (excluding diaryl/α,β-unsaturated/α-hetero) is 1. The molecule has 33 heavy (non-hydrogen) atoms. The Balaban J connectivity index is 1.70. The fourth-order valence-electron chi connectivity index (χ4n) is 3.17. The van der Waals surface area contributed by atoms with Crippen molar-refractivity contribution in [2.45, 2.75) is 4.90 Å². The van der Waals surface area contributed by atoms with Gasteiger partial charge in [0.2, 0.25) is 0 Å². The van der Waals surface area contributed by atoms with Crippen molar-refractivity contribution < 1.29 is 28.5 Å². The summed E-state index contributed by atoms with van der Waals surface area (Å²) in [5.41, 5.74) is 1.44. The molecule has 0 aliphatic heterocycles. The average molecular weight is 468 g/mol. The minimum Gasteiger partial charge on any atom is -0.496 e. The van der Waals surface area contributed by atoms with E-state index >= 15 is 0 Å². The predicted molar refractivity (Wildman–Crippen MR) is 129 cm³/mol. The molecule has 0 fully saturated rings. The summed E-state index contributed by atoms with van der Waals surface area (Å²) in [6.45, 7) is 0. The first-order valence-electron chi connectivity index (χ1n) is 10.0. The molecule has 3 rings (SSSR count). The van der Waals surface area contributed by atoms with Crippen molar-refractivity contribution in [2.24, 2.45) is 0 Å². The fourth-order valence-corrected chi connectivity index (χ4v) is 4.02. The van der Waals surface area contributed by atoms with Crippen molar-refractivity contribution >= 4 is 29.1 Å². The van der Waals surface area contributed by atoms with Gasteiger partial charge in [0.15, 0.2) is 17.3 Å². The van der Waals surface area contributed by atoms with E-state index in [1.54, 1.807) is 49.6 Å². The number of methoxy groups -OCH3 is 4. The Morgan fingerprint density at radius 3 is 2.03 bits per heavy atom. The average Bonchev–Trinajstić information content (AvgIpc) is 2.86. The molecule has 0 heterocycles. The van der Waals surface area contributed by atoms with Crippen LogP contribution in [0, 0.1) is 0 Å². The lowest BCUT2D eigenvalue weighted by molar-refractivity contribution is 0.101. The summed E-state index contributed by atoms with van der Waals surface area (Å²) in [6.07, 6.45) is 0. The van der Waals surface area contributed by atoms with Crippen LogP contribution < -0.4 is 24.3 Å². The standard InChI is InChI=1S/C25H25NO6S/c1-29-20-12-11-16(13-23(20)32-4)19(27)15-33-18-8-5-7-17(14-18)26-25(28)24-21(30-2)9-6-10-22(24)31-3/h5-14H,15H2,1-4H3,(H,26,28). The number of anilines is 1. The lowest BCUT2D eigenvalue weighted by atomic mass is 10.1. The molecule has 0 atom stereocenters. The van der Waals surface area contributed by atoms with E-state index in [0.717, 1.165) is 4.90 Å². The van der Waals surface area contributed by atoms with Crippen molar-refractivity contribution in [1.29, 1.82) is 0 Å². The van der Waals surface area contributed by atoms with E-state index in [0.29, 0.717) is 39.8 Å². The Kier molecular flexibility index (Phi) is 8.21. The Hall–Kier alpha value is -3.65. The zero-order chi connectivity index (χ0) is 23.8. The summed E-state index contributed by atoms with van der Waals surface area (Å²) in [6, 6.07) is 17.5. The fraction of sp³-hybridized carbons (Fsp3) is 0.200. The van der Waals surface area contributed by atoms with Crippen LogP contribution in [-0.2, 0) is 0 Å². The van der Waals surface area contributed by atoms with Gasteiger partial charge in [-0.15, -0.1) is 11.8 Å². The molecular weight excluding hydrogens is 442 g/mol. The van der Waals surface area contributed by atoms with Crippen LogP contribution in [0.5, 0.6) is 23.0 Å². The summed E-state index contributed by atoms with van der Waals surface area (Å²) < 4.78 is 21.1. The normalized spacial score (nSPS) is 10.3. The minimum atomic E-state index is -0.354. The van der Waals surface area contributed by atoms with E-state index in [4.69, 9.17) is 18.9 Å². The highest BCUT2D eigenvalue weighted by Crippen LogP contribution is 2.31. The van der Waals surface area contributed by atoms with Gasteiger partial charge in [-0.3, -0.25) is 9.59 Å². The smallest absolute Gasteiger partial charge is 0.263 e. The molecule has 0 aromatic heterocycles. The number of thioether (sulfide) groups is 1. The third-order valence-corrected chi connectivity index (χ3v) is 5.82. The number of carbonyl (C=O) groups is 2. The van der Waals surface area contributed by atoms with Crippen LogP contribution in [0.3, 0.4) is 0 Å². The van der Waals surface area contributed by atoms with Gasteiger partial charge in [-0.05, 0) is 48.5 Å². The molecule has 7 nitrogen and oxygen atoms in total. The second-order valence-corrected chi connectivity index (χ2v) is 7.85. The van der Waals surface area contributed by atoms with Gasteiger partial charge in [0.05, 0.1) is 34.2 Å². The molecule has 0 aliphatic carbocycles. The van der Waals surface area contributed by atoms with Crippen LogP contribution in [-0.4, -0.2) is 45.9 Å². The molecule has 3 aromatic rings. The summed E-state index contributed by atoms with van der Waals surface area (Å²) in [5.74, 6) is 1.73. The number of benzene rings is 3. The van der Waals surface area contributed by atoms with E-state index in [2.05, 4.69) is 5.32 Å². The van der Waals surface area contributed by atoms with Gasteiger partial charge in [0.1, 0.15) is 17.1 Å². The first-order chi connectivity index (χ1) is 16.0. The molecule has 0 saturated carbocycles. The van der Waals surface area contributed by atoms with Crippen molar-refractivity contribution in [3.05, 3.63) is 71.8 Å². The number of rotatable bonds is 10. The van der Waals surface area contributed by atoms with Crippen molar-refractivity contribution in [1.82, 2.24) is 0 Å². The van der Waals surface area contributed by atoms with Crippen molar-refractivity contribution in [3.8, 4) is 23.0 Å². The number of carbonyl (C=O) groups excluding carboxylic acids is 2. The molecule has 0 aliphatic rings. The third-order valence-electron chi connectivity index (χ3n) is 4.82. The first kappa shape index (κ1) is 24.0. The van der Waals surface area contributed by atoms with Crippen LogP contribution in [0.4, 0.5) is 5.69 Å². The van der Waals surface area contributed by atoms with E-state index in [1.807, 2.05) is 18.2 Å². The van der Waals surface area contributed by atoms with Crippen LogP contribution in [0.15, 0.2) is 65.6 Å². The number of nitrogens with one attached hydrogen (secondary N) is 1. The Labute approximate surface area is 197 Å². The summed E-state index contributed by atoms with van der Waals surface area (Å²) >= 11 is 1.38. The lowest BCUT2D eigenvalue weighted by Gasteiger charge is -2.13. The second kappa shape index (κ2) is 11.3. The molecule has 1 N–H and O–H groups in total. The maximum Gasteiger partial charge on any atom is 0.263 e. The van der Waals surface area contributed by atoms with Crippen LogP contribution in [0.2, 0.25) is 0 Å². The largest absolute Gasteiger partial charge is 0.496 e. The van der Waals surface area contributed by atoms with Gasteiger partial charge in [-0.1, -0.05) is 12.1 Å². The molecule has 172 valence electrons. The quantitative estimate of drug-likeness (QED) is 0.334. The van der Waals surface area contributed by atoms with Gasteiger partial charge in [0.25, 0.3) is 5.91 Å². The first-order valence-corrected chi connectivity index (χ1v) is 11.0. The highest BCUT2D eigenvalue weighted by molar-refractivity contribution is 8.00. The molecule has 0 unspecified atom stereocenters. The molecular formula is C25H25NO6S. The van der Waals surface area contributed by atoms with Crippen LogP contribution in [0.1, 0.15) is 20.7 Å². The van der Waals surface area contributed by atoms with Gasteiger partial charge < -0.3 is 24.3 Å². The zero-order valence-electron chi connectivity index (χ0n) is 18.8. The van der Waals surface area contributed by atoms with Crippen LogP contribution in [0.25, 0.3) is 0 Å². The Morgan fingerprint density at radius 2 is 1.39 bits per heavy atom. The number of ketones is 1. The summed E-state index contributed by atoms with van der Waals surface area (Å²) in [4.78, 5) is 26.4. The third kappa shape index (κ3) is 5.78. The van der Waals surface area contributed by atoms with Crippen molar-refractivity contribution in [2.75, 3.05) is 39.5 Å². The summed E-state index contributed by atoms with van der Waals surface area (Å²) in [5, 5.41) is 2.87. The topological polar surface area (TPSA) is 83.1 Å². The molecule has 3 aromatic carbocycles. The molecule has 1 amide bonds. The van der Waals surface area contributed by atoms with Crippen LogP contribution >= 0.6 is 11.8 Å². The maximum atomic E-state index is 12.9. The van der Waals surface area contributed by atoms with Gasteiger partial charge in [-0.25, -0.2) is 0 Å². The van der Waals surface area contributed by atoms with Gasteiger partial charge in [-0.2, -0.15) is 0 Å². The van der Waals surface area contributed by atoms with E-state index in [9.17, 15) is 9.59 Å². The minimum absolute atomic E-state index is 0.0471. The van der Waals surface area contributed by atoms with Crippen molar-refractivity contribution in [3.63, 3.8) is 0 Å². The molecule has 0 saturated heterocycles. The van der Waals surface area contributed by atoms with E-state index in [-0.39, 0.29) is 17.4 Å². The summed E-state index contributed by atoms with van der Waals surface area (Å²) in [7, 11) is 6.07. The predicted octanol–water partition coefficient (Wildman–Crippen LogP) is 4.95. The lowest BCUT2D eigenvalue weighted by Crippen LogP contribution is -2.14. The molecule has 0 radical (unpaired) electrons. The van der Waals surface area contributed by atoms with Gasteiger partial charge in [0, 0.05) is 16.1 Å². The number of amides is 1. The highest BCUT2D eigenvalue weighted by Gasteiger charge is 2.18.